The highest BCUT2D eigenvalue weighted by Crippen LogP contribution is 2.11. The van der Waals surface area contributed by atoms with Crippen LogP contribution in [-0.2, 0) is 0 Å². The van der Waals surface area contributed by atoms with Crippen LogP contribution in [0.5, 0.6) is 0 Å². The molecule has 0 spiro atoms. The lowest BCUT2D eigenvalue weighted by molar-refractivity contribution is 0.0996. The van der Waals surface area contributed by atoms with E-state index in [4.69, 9.17) is 5.73 Å². The van der Waals surface area contributed by atoms with Gasteiger partial charge in [-0.25, -0.2) is 4.98 Å². The minimum atomic E-state index is -0.642. The van der Waals surface area contributed by atoms with Crippen LogP contribution >= 0.6 is 11.3 Å². The molecule has 0 unspecified atom stereocenters. The lowest BCUT2D eigenvalue weighted by Gasteiger charge is -1.97. The number of aromatic nitrogens is 2. The molecule has 2 aromatic rings. The van der Waals surface area contributed by atoms with Crippen molar-refractivity contribution < 1.29 is 9.59 Å². The van der Waals surface area contributed by atoms with Gasteiger partial charge >= 0.3 is 0 Å². The van der Waals surface area contributed by atoms with Crippen LogP contribution in [0.15, 0.2) is 36.1 Å². The number of hydrogen-bond donors (Lipinski definition) is 3. The van der Waals surface area contributed by atoms with Gasteiger partial charge in [-0.3, -0.25) is 9.59 Å². The van der Waals surface area contributed by atoms with Gasteiger partial charge in [0.15, 0.2) is 11.5 Å². The van der Waals surface area contributed by atoms with Gasteiger partial charge in [0.1, 0.15) is 5.82 Å². The highest BCUT2D eigenvalue weighted by Gasteiger charge is 2.09. The zero-order valence-electron chi connectivity index (χ0n) is 9.21. The topological polar surface area (TPSA) is 101 Å². The van der Waals surface area contributed by atoms with Crippen LogP contribution in [-0.4, -0.2) is 21.7 Å². The number of nitrogens with zero attached hydrogens (tertiary/aromatic N) is 1. The standard InChI is InChI=1S/C11H10N4O2S/c12-10(17)9-11(15-6-14-9)13-4-3-7(16)8-2-1-5-18-8/h1-6,13H,(H2,12,17)(H,14,15). The summed E-state index contributed by atoms with van der Waals surface area (Å²) >= 11 is 1.36. The van der Waals surface area contributed by atoms with Crippen LogP contribution in [0.25, 0.3) is 0 Å². The number of rotatable bonds is 5. The fraction of sp³-hybridized carbons (Fsp3) is 0. The summed E-state index contributed by atoms with van der Waals surface area (Å²) in [4.78, 5) is 29.7. The number of thiophene rings is 1. The molecule has 0 bridgehead atoms. The molecule has 4 N–H and O–H groups in total. The number of primary amides is 1. The predicted octanol–water partition coefficient (Wildman–Crippen LogP) is 1.38. The van der Waals surface area contributed by atoms with Crippen molar-refractivity contribution in [3.63, 3.8) is 0 Å². The Morgan fingerprint density at radius 2 is 2.33 bits per heavy atom. The number of imidazole rings is 1. The quantitative estimate of drug-likeness (QED) is 0.559. The first-order valence-corrected chi connectivity index (χ1v) is 5.90. The average Bonchev–Trinajstić information content (AvgIpc) is 2.99. The fourth-order valence-corrected chi connectivity index (χ4v) is 1.94. The fourth-order valence-electron chi connectivity index (χ4n) is 1.29. The summed E-state index contributed by atoms with van der Waals surface area (Å²) in [6.07, 6.45) is 4.15. The number of nitrogens with two attached hydrogens (primary N) is 1. The van der Waals surface area contributed by atoms with E-state index in [1.807, 2.05) is 5.38 Å². The molecule has 0 aliphatic heterocycles. The van der Waals surface area contributed by atoms with Gasteiger partial charge < -0.3 is 16.0 Å². The van der Waals surface area contributed by atoms with E-state index in [1.165, 1.54) is 29.9 Å². The Morgan fingerprint density at radius 1 is 1.50 bits per heavy atom. The van der Waals surface area contributed by atoms with Crippen molar-refractivity contribution >= 4 is 28.8 Å². The van der Waals surface area contributed by atoms with Crippen LogP contribution < -0.4 is 11.1 Å². The minimum Gasteiger partial charge on any atom is -0.364 e. The lowest BCUT2D eigenvalue weighted by Crippen LogP contribution is -2.13. The lowest BCUT2D eigenvalue weighted by atomic mass is 10.3. The largest absolute Gasteiger partial charge is 0.364 e. The van der Waals surface area contributed by atoms with Crippen molar-refractivity contribution in [2.75, 3.05) is 5.32 Å². The highest BCUT2D eigenvalue weighted by atomic mass is 32.1. The Bertz CT molecular complexity index is 586. The third kappa shape index (κ3) is 2.64. The third-order valence-corrected chi connectivity index (χ3v) is 2.98. The number of carbonyl (C=O) groups excluding carboxylic acids is 2. The summed E-state index contributed by atoms with van der Waals surface area (Å²) in [7, 11) is 0. The molecule has 6 nitrogen and oxygen atoms in total. The van der Waals surface area contributed by atoms with Crippen molar-refractivity contribution in [3.8, 4) is 0 Å². The molecule has 2 heterocycles. The highest BCUT2D eigenvalue weighted by molar-refractivity contribution is 7.12. The Labute approximate surface area is 107 Å². The number of nitrogens with one attached hydrogen (secondary N) is 2. The molecule has 0 saturated heterocycles. The number of carbonyl (C=O) groups is 2. The van der Waals surface area contributed by atoms with E-state index in [0.717, 1.165) is 0 Å². The first-order chi connectivity index (χ1) is 8.68. The van der Waals surface area contributed by atoms with E-state index in [9.17, 15) is 9.59 Å². The maximum Gasteiger partial charge on any atom is 0.271 e. The number of allylic oxidation sites excluding steroid dienone is 1. The smallest absolute Gasteiger partial charge is 0.271 e. The van der Waals surface area contributed by atoms with Gasteiger partial charge in [0.25, 0.3) is 5.91 Å². The Kier molecular flexibility index (Phi) is 3.54. The second-order valence-electron chi connectivity index (χ2n) is 3.31. The van der Waals surface area contributed by atoms with Crippen molar-refractivity contribution in [1.29, 1.82) is 0 Å². The first kappa shape index (κ1) is 12.1. The van der Waals surface area contributed by atoms with Crippen LogP contribution in [0.1, 0.15) is 20.2 Å². The van der Waals surface area contributed by atoms with Gasteiger partial charge in [0, 0.05) is 12.3 Å². The van der Waals surface area contributed by atoms with Crippen molar-refractivity contribution in [2.24, 2.45) is 5.73 Å². The molecule has 0 aromatic carbocycles. The van der Waals surface area contributed by atoms with E-state index in [2.05, 4.69) is 15.3 Å². The maximum absolute atomic E-state index is 11.6. The molecule has 18 heavy (non-hydrogen) atoms. The van der Waals surface area contributed by atoms with Gasteiger partial charge in [0.05, 0.1) is 11.2 Å². The van der Waals surface area contributed by atoms with Crippen molar-refractivity contribution in [2.45, 2.75) is 0 Å². The summed E-state index contributed by atoms with van der Waals surface area (Å²) in [6, 6.07) is 3.54. The molecule has 2 rings (SSSR count). The van der Waals surface area contributed by atoms with Crippen LogP contribution in [0, 0.1) is 0 Å². The van der Waals surface area contributed by atoms with Crippen LogP contribution in [0.2, 0.25) is 0 Å². The van der Waals surface area contributed by atoms with Gasteiger partial charge in [0.2, 0.25) is 0 Å². The van der Waals surface area contributed by atoms with E-state index in [0.29, 0.717) is 10.7 Å². The SMILES string of the molecule is NC(=O)c1nc[nH]c1NC=CC(=O)c1cccs1. The summed E-state index contributed by atoms with van der Waals surface area (Å²) in [6.45, 7) is 0. The zero-order valence-corrected chi connectivity index (χ0v) is 10.0. The zero-order chi connectivity index (χ0) is 13.0. The number of ketones is 1. The molecule has 0 atom stereocenters. The molecule has 92 valence electrons. The number of H-pyrrole nitrogens is 1. The molecule has 0 fully saturated rings. The molecular weight excluding hydrogens is 252 g/mol. The van der Waals surface area contributed by atoms with E-state index in [1.54, 1.807) is 12.1 Å². The normalized spacial score (nSPS) is 10.7. The summed E-state index contributed by atoms with van der Waals surface area (Å²) in [5.74, 6) is -0.396. The average molecular weight is 262 g/mol. The molecule has 0 saturated carbocycles. The first-order valence-electron chi connectivity index (χ1n) is 5.02. The van der Waals surface area contributed by atoms with E-state index in [-0.39, 0.29) is 11.5 Å². The van der Waals surface area contributed by atoms with Gasteiger partial charge in [-0.05, 0) is 11.4 Å². The molecule has 1 amide bonds. The molecule has 0 aliphatic carbocycles. The minimum absolute atomic E-state index is 0.100. The monoisotopic (exact) mass is 262 g/mol. The Morgan fingerprint density at radius 3 is 3.00 bits per heavy atom. The number of anilines is 1. The van der Waals surface area contributed by atoms with Gasteiger partial charge in [-0.15, -0.1) is 11.3 Å². The Hall–Kier alpha value is -2.41. The second-order valence-corrected chi connectivity index (χ2v) is 4.26. The van der Waals surface area contributed by atoms with Crippen molar-refractivity contribution in [3.05, 3.63) is 46.7 Å². The third-order valence-electron chi connectivity index (χ3n) is 2.10. The number of amides is 1. The van der Waals surface area contributed by atoms with Crippen LogP contribution in [0.4, 0.5) is 5.82 Å². The summed E-state index contributed by atoms with van der Waals surface area (Å²) < 4.78 is 0. The summed E-state index contributed by atoms with van der Waals surface area (Å²) in [5, 5.41) is 4.58. The summed E-state index contributed by atoms with van der Waals surface area (Å²) in [5.41, 5.74) is 5.22. The van der Waals surface area contributed by atoms with Crippen LogP contribution in [0.3, 0.4) is 0 Å². The van der Waals surface area contributed by atoms with E-state index >= 15 is 0 Å². The molecule has 2 aromatic heterocycles. The van der Waals surface area contributed by atoms with Gasteiger partial charge in [-0.1, -0.05) is 6.07 Å². The number of hydrogen-bond acceptors (Lipinski definition) is 5. The van der Waals surface area contributed by atoms with E-state index < -0.39 is 5.91 Å². The predicted molar refractivity (Wildman–Crippen MR) is 68.5 cm³/mol. The van der Waals surface area contributed by atoms with Crippen molar-refractivity contribution in [1.82, 2.24) is 9.97 Å². The number of aromatic amines is 1. The maximum atomic E-state index is 11.6. The van der Waals surface area contributed by atoms with Gasteiger partial charge in [-0.2, -0.15) is 0 Å². The Balaban J connectivity index is 2.01. The molecular formula is C11H10N4O2S. The molecule has 0 radical (unpaired) electrons. The second kappa shape index (κ2) is 5.28. The molecule has 7 heteroatoms. The molecule has 0 aliphatic rings.